The van der Waals surface area contributed by atoms with Crippen LogP contribution < -0.4 is 5.32 Å². The smallest absolute Gasteiger partial charge is 0.223 e. The summed E-state index contributed by atoms with van der Waals surface area (Å²) in [4.78, 5) is 19.7. The maximum atomic E-state index is 11.8. The standard InChI is InChI=1S/C13H21N3OS.2ClH/c1-14-8-7-13(17)16(2)9-12-15-10-5-3-4-6-11(10)18-12;;/h14H,3-9H2,1-2H3;2*1H. The normalized spacial score (nSPS) is 12.9. The summed E-state index contributed by atoms with van der Waals surface area (Å²) in [6, 6.07) is 0. The van der Waals surface area contributed by atoms with E-state index >= 15 is 0 Å². The Morgan fingerprint density at radius 2 is 2.05 bits per heavy atom. The van der Waals surface area contributed by atoms with E-state index in [4.69, 9.17) is 0 Å². The highest BCUT2D eigenvalue weighted by Crippen LogP contribution is 2.27. The van der Waals surface area contributed by atoms with Crippen LogP contribution in [0, 0.1) is 0 Å². The number of halogens is 2. The Morgan fingerprint density at radius 1 is 1.35 bits per heavy atom. The summed E-state index contributed by atoms with van der Waals surface area (Å²) in [7, 11) is 3.72. The fraction of sp³-hybridized carbons (Fsp3) is 0.692. The number of rotatable bonds is 5. The molecule has 1 aromatic heterocycles. The van der Waals surface area contributed by atoms with Gasteiger partial charge in [-0.15, -0.1) is 36.2 Å². The third kappa shape index (κ3) is 5.20. The molecule has 2 rings (SSSR count). The molecule has 0 spiro atoms. The predicted octanol–water partition coefficient (Wildman–Crippen LogP) is 2.43. The average Bonchev–Trinajstić information content (AvgIpc) is 2.77. The molecule has 0 aromatic carbocycles. The molecule has 1 aliphatic rings. The molecule has 0 aliphatic heterocycles. The lowest BCUT2D eigenvalue weighted by atomic mass is 10.0. The Bertz CT molecular complexity index is 402. The second-order valence-electron chi connectivity index (χ2n) is 4.79. The van der Waals surface area contributed by atoms with Crippen LogP contribution >= 0.6 is 36.2 Å². The maximum Gasteiger partial charge on any atom is 0.223 e. The molecule has 1 N–H and O–H groups in total. The van der Waals surface area contributed by atoms with Gasteiger partial charge in [-0.2, -0.15) is 0 Å². The van der Waals surface area contributed by atoms with Crippen molar-refractivity contribution < 1.29 is 4.79 Å². The molecule has 0 fully saturated rings. The van der Waals surface area contributed by atoms with Gasteiger partial charge in [0, 0.05) is 24.9 Å². The average molecular weight is 340 g/mol. The van der Waals surface area contributed by atoms with Crippen LogP contribution in [0.3, 0.4) is 0 Å². The third-order valence-corrected chi connectivity index (χ3v) is 4.42. The highest BCUT2D eigenvalue weighted by atomic mass is 35.5. The van der Waals surface area contributed by atoms with Gasteiger partial charge >= 0.3 is 0 Å². The van der Waals surface area contributed by atoms with E-state index in [0.29, 0.717) is 13.0 Å². The van der Waals surface area contributed by atoms with E-state index < -0.39 is 0 Å². The number of aromatic nitrogens is 1. The molecule has 0 bridgehead atoms. The van der Waals surface area contributed by atoms with Crippen molar-refractivity contribution in [2.24, 2.45) is 0 Å². The van der Waals surface area contributed by atoms with E-state index in [-0.39, 0.29) is 30.7 Å². The first-order chi connectivity index (χ1) is 8.70. The van der Waals surface area contributed by atoms with Gasteiger partial charge in [-0.05, 0) is 32.7 Å². The van der Waals surface area contributed by atoms with Crippen LogP contribution in [0.1, 0.15) is 34.8 Å². The molecule has 1 amide bonds. The number of carbonyl (C=O) groups excluding carboxylic acids is 1. The zero-order valence-corrected chi connectivity index (χ0v) is 14.4. The number of thiazole rings is 1. The number of hydrogen-bond donors (Lipinski definition) is 1. The molecule has 116 valence electrons. The lowest BCUT2D eigenvalue weighted by Crippen LogP contribution is -2.28. The fourth-order valence-electron chi connectivity index (χ4n) is 2.19. The van der Waals surface area contributed by atoms with E-state index in [1.54, 1.807) is 16.2 Å². The van der Waals surface area contributed by atoms with Gasteiger partial charge in [-0.1, -0.05) is 0 Å². The molecule has 0 atom stereocenters. The molecule has 1 aliphatic carbocycles. The highest BCUT2D eigenvalue weighted by Gasteiger charge is 2.17. The lowest BCUT2D eigenvalue weighted by Gasteiger charge is -2.15. The summed E-state index contributed by atoms with van der Waals surface area (Å²) in [6.07, 6.45) is 5.38. The number of amides is 1. The first kappa shape index (κ1) is 19.6. The zero-order valence-electron chi connectivity index (χ0n) is 12.0. The number of nitrogens with one attached hydrogen (secondary N) is 1. The SMILES string of the molecule is CNCCC(=O)N(C)Cc1nc2c(s1)CCCC2.Cl.Cl. The van der Waals surface area contributed by atoms with Crippen molar-refractivity contribution in [2.75, 3.05) is 20.6 Å². The van der Waals surface area contributed by atoms with E-state index in [2.05, 4.69) is 10.3 Å². The van der Waals surface area contributed by atoms with Crippen molar-refractivity contribution in [1.82, 2.24) is 15.2 Å². The number of nitrogens with zero attached hydrogens (tertiary/aromatic N) is 2. The van der Waals surface area contributed by atoms with Gasteiger partial charge in [-0.25, -0.2) is 4.98 Å². The van der Waals surface area contributed by atoms with E-state index in [1.807, 2.05) is 14.1 Å². The van der Waals surface area contributed by atoms with E-state index in [1.165, 1.54) is 29.8 Å². The molecule has 0 saturated heterocycles. The van der Waals surface area contributed by atoms with Crippen LogP contribution in [0.15, 0.2) is 0 Å². The number of carbonyl (C=O) groups is 1. The molecule has 7 heteroatoms. The topological polar surface area (TPSA) is 45.2 Å². The summed E-state index contributed by atoms with van der Waals surface area (Å²) in [5, 5.41) is 4.08. The van der Waals surface area contributed by atoms with Crippen LogP contribution in [-0.2, 0) is 24.2 Å². The second kappa shape index (κ2) is 9.55. The van der Waals surface area contributed by atoms with Crippen molar-refractivity contribution in [3.05, 3.63) is 15.6 Å². The van der Waals surface area contributed by atoms with Gasteiger partial charge in [0.05, 0.1) is 12.2 Å². The van der Waals surface area contributed by atoms with E-state index in [0.717, 1.165) is 18.0 Å². The molecule has 20 heavy (non-hydrogen) atoms. The van der Waals surface area contributed by atoms with E-state index in [9.17, 15) is 4.79 Å². The Hall–Kier alpha value is -0.360. The Morgan fingerprint density at radius 3 is 2.70 bits per heavy atom. The van der Waals surface area contributed by atoms with Crippen molar-refractivity contribution >= 4 is 42.1 Å². The Kier molecular flexibility index (Phi) is 9.38. The molecule has 1 heterocycles. The first-order valence-corrected chi connectivity index (χ1v) is 7.38. The summed E-state index contributed by atoms with van der Waals surface area (Å²) >= 11 is 1.78. The van der Waals surface area contributed by atoms with Crippen molar-refractivity contribution in [3.8, 4) is 0 Å². The predicted molar refractivity (Wildman–Crippen MR) is 88.3 cm³/mol. The Balaban J connectivity index is 0.00000180. The summed E-state index contributed by atoms with van der Waals surface area (Å²) in [5.41, 5.74) is 1.28. The van der Waals surface area contributed by atoms with Crippen LogP contribution in [-0.4, -0.2) is 36.4 Å². The molecular weight excluding hydrogens is 317 g/mol. The summed E-state index contributed by atoms with van der Waals surface area (Å²) in [6.45, 7) is 1.39. The minimum absolute atomic E-state index is 0. The second-order valence-corrected chi connectivity index (χ2v) is 5.96. The zero-order chi connectivity index (χ0) is 13.0. The van der Waals surface area contributed by atoms with Crippen LogP contribution in [0.25, 0.3) is 0 Å². The molecule has 0 saturated carbocycles. The minimum atomic E-state index is 0. The molecule has 1 aromatic rings. The van der Waals surface area contributed by atoms with Crippen LogP contribution in [0.2, 0.25) is 0 Å². The van der Waals surface area contributed by atoms with Gasteiger partial charge in [0.15, 0.2) is 0 Å². The highest BCUT2D eigenvalue weighted by molar-refractivity contribution is 7.11. The molecular formula is C13H23Cl2N3OS. The first-order valence-electron chi connectivity index (χ1n) is 6.56. The van der Waals surface area contributed by atoms with Gasteiger partial charge in [0.25, 0.3) is 0 Å². The monoisotopic (exact) mass is 339 g/mol. The van der Waals surface area contributed by atoms with Gasteiger partial charge < -0.3 is 10.2 Å². The molecule has 4 nitrogen and oxygen atoms in total. The minimum Gasteiger partial charge on any atom is -0.339 e. The van der Waals surface area contributed by atoms with Gasteiger partial charge in [0.1, 0.15) is 5.01 Å². The molecule has 0 radical (unpaired) electrons. The Labute approximate surface area is 137 Å². The van der Waals surface area contributed by atoms with Crippen molar-refractivity contribution in [1.29, 1.82) is 0 Å². The number of aryl methyl sites for hydroxylation is 2. The summed E-state index contributed by atoms with van der Waals surface area (Å²) in [5.74, 6) is 0.178. The summed E-state index contributed by atoms with van der Waals surface area (Å²) < 4.78 is 0. The number of fused-ring (bicyclic) bond motifs is 1. The van der Waals surface area contributed by atoms with Crippen LogP contribution in [0.5, 0.6) is 0 Å². The lowest BCUT2D eigenvalue weighted by molar-refractivity contribution is -0.130. The van der Waals surface area contributed by atoms with Crippen molar-refractivity contribution in [3.63, 3.8) is 0 Å². The van der Waals surface area contributed by atoms with Crippen molar-refractivity contribution in [2.45, 2.75) is 38.6 Å². The van der Waals surface area contributed by atoms with Gasteiger partial charge in [0.2, 0.25) is 5.91 Å². The fourth-order valence-corrected chi connectivity index (χ4v) is 3.40. The van der Waals surface area contributed by atoms with Crippen LogP contribution in [0.4, 0.5) is 0 Å². The third-order valence-electron chi connectivity index (χ3n) is 3.28. The largest absolute Gasteiger partial charge is 0.339 e. The number of hydrogen-bond acceptors (Lipinski definition) is 4. The maximum absolute atomic E-state index is 11.8. The molecule has 0 unspecified atom stereocenters. The van der Waals surface area contributed by atoms with Gasteiger partial charge in [-0.3, -0.25) is 4.79 Å². The quantitative estimate of drug-likeness (QED) is 0.895.